The number of imidazole rings is 1. The van der Waals surface area contributed by atoms with Crippen molar-refractivity contribution in [1.29, 1.82) is 0 Å². The molecule has 1 unspecified atom stereocenters. The van der Waals surface area contributed by atoms with E-state index in [9.17, 15) is 0 Å². The number of aliphatic hydroxyl groups excluding tert-OH is 1. The maximum atomic E-state index is 8.64. The molecule has 4 N–H and O–H groups in total. The second-order valence-electron chi connectivity index (χ2n) is 2.64. The van der Waals surface area contributed by atoms with Gasteiger partial charge in [-0.1, -0.05) is 0 Å². The van der Waals surface area contributed by atoms with Crippen molar-refractivity contribution in [2.45, 2.75) is 19.4 Å². The van der Waals surface area contributed by atoms with Crippen molar-refractivity contribution in [3.8, 4) is 0 Å². The molecule has 1 atom stereocenters. The molecule has 1 heterocycles. The van der Waals surface area contributed by atoms with E-state index in [1.807, 2.05) is 6.92 Å². The maximum absolute atomic E-state index is 8.64. The number of hydrogen-bond acceptors (Lipinski definition) is 3. The molecule has 4 heteroatoms. The van der Waals surface area contributed by atoms with E-state index in [0.717, 1.165) is 11.5 Å². The molecule has 0 aliphatic heterocycles. The first-order valence-electron chi connectivity index (χ1n) is 3.59. The number of nitrogens with one attached hydrogen (secondary N) is 1. The van der Waals surface area contributed by atoms with Crippen LogP contribution in [0.4, 0.5) is 0 Å². The Morgan fingerprint density at radius 2 is 2.55 bits per heavy atom. The highest BCUT2D eigenvalue weighted by Gasteiger charge is 2.03. The second kappa shape index (κ2) is 3.50. The van der Waals surface area contributed by atoms with Crippen LogP contribution in [-0.4, -0.2) is 27.7 Å². The summed E-state index contributed by atoms with van der Waals surface area (Å²) in [5, 5.41) is 8.64. The number of hydrogen-bond donors (Lipinski definition) is 3. The quantitative estimate of drug-likeness (QED) is 0.555. The van der Waals surface area contributed by atoms with Gasteiger partial charge in [-0.05, 0) is 6.92 Å². The zero-order chi connectivity index (χ0) is 8.27. The third-order valence-corrected chi connectivity index (χ3v) is 1.47. The zero-order valence-electron chi connectivity index (χ0n) is 6.54. The smallest absolute Gasteiger partial charge is 0.103 e. The van der Waals surface area contributed by atoms with Gasteiger partial charge in [0.1, 0.15) is 5.82 Å². The minimum Gasteiger partial charge on any atom is -0.395 e. The minimum absolute atomic E-state index is 0.0120. The summed E-state index contributed by atoms with van der Waals surface area (Å²) in [6.07, 6.45) is 2.39. The number of nitrogens with two attached hydrogens (primary N) is 1. The Kier molecular flexibility index (Phi) is 2.62. The molecule has 62 valence electrons. The van der Waals surface area contributed by atoms with Gasteiger partial charge in [0.05, 0.1) is 6.61 Å². The van der Waals surface area contributed by atoms with Crippen molar-refractivity contribution in [3.63, 3.8) is 0 Å². The summed E-state index contributed by atoms with van der Waals surface area (Å²) >= 11 is 0. The highest BCUT2D eigenvalue weighted by molar-refractivity contribution is 5.01. The van der Waals surface area contributed by atoms with Gasteiger partial charge in [0.2, 0.25) is 0 Å². The lowest BCUT2D eigenvalue weighted by atomic mass is 10.2. The largest absolute Gasteiger partial charge is 0.395 e. The first kappa shape index (κ1) is 8.23. The fourth-order valence-electron chi connectivity index (χ4n) is 0.922. The third kappa shape index (κ3) is 2.32. The van der Waals surface area contributed by atoms with E-state index < -0.39 is 0 Å². The van der Waals surface area contributed by atoms with E-state index in [-0.39, 0.29) is 12.6 Å². The standard InChI is InChI=1S/C7H13N3O/c1-5-9-3-7(10-5)2-6(8)4-11/h3,6,11H,2,4,8H2,1H3,(H,9,10). The minimum atomic E-state index is -0.185. The van der Waals surface area contributed by atoms with E-state index in [0.29, 0.717) is 6.42 Å². The molecule has 0 fully saturated rings. The molecule has 0 spiro atoms. The van der Waals surface area contributed by atoms with Crippen LogP contribution < -0.4 is 5.73 Å². The van der Waals surface area contributed by atoms with Crippen LogP contribution in [0.5, 0.6) is 0 Å². The Hall–Kier alpha value is -0.870. The summed E-state index contributed by atoms with van der Waals surface area (Å²) in [5.41, 5.74) is 6.49. The number of rotatable bonds is 3. The topological polar surface area (TPSA) is 74.9 Å². The fourth-order valence-corrected chi connectivity index (χ4v) is 0.922. The van der Waals surface area contributed by atoms with Crippen molar-refractivity contribution in [3.05, 3.63) is 17.7 Å². The maximum Gasteiger partial charge on any atom is 0.103 e. The number of aromatic nitrogens is 2. The number of aliphatic hydroxyl groups is 1. The molecule has 1 aromatic heterocycles. The van der Waals surface area contributed by atoms with Crippen molar-refractivity contribution >= 4 is 0 Å². The monoisotopic (exact) mass is 155 g/mol. The third-order valence-electron chi connectivity index (χ3n) is 1.47. The molecule has 0 saturated heterocycles. The molecule has 0 aliphatic carbocycles. The second-order valence-corrected chi connectivity index (χ2v) is 2.64. The Bertz CT molecular complexity index is 221. The van der Waals surface area contributed by atoms with Crippen LogP contribution in [0.3, 0.4) is 0 Å². The van der Waals surface area contributed by atoms with Crippen LogP contribution in [0.2, 0.25) is 0 Å². The number of nitrogens with zero attached hydrogens (tertiary/aromatic N) is 1. The van der Waals surface area contributed by atoms with Gasteiger partial charge in [-0.15, -0.1) is 0 Å². The predicted molar refractivity (Wildman–Crippen MR) is 42.1 cm³/mol. The van der Waals surface area contributed by atoms with Crippen LogP contribution in [0.15, 0.2) is 6.20 Å². The highest BCUT2D eigenvalue weighted by atomic mass is 16.3. The van der Waals surface area contributed by atoms with Gasteiger partial charge in [0, 0.05) is 24.4 Å². The average molecular weight is 155 g/mol. The molecule has 1 rings (SSSR count). The van der Waals surface area contributed by atoms with Crippen LogP contribution in [-0.2, 0) is 6.42 Å². The SMILES string of the molecule is Cc1ncc(CC(N)CO)[nH]1. The lowest BCUT2D eigenvalue weighted by Crippen LogP contribution is -2.26. The van der Waals surface area contributed by atoms with Crippen LogP contribution in [0, 0.1) is 6.92 Å². The fraction of sp³-hybridized carbons (Fsp3) is 0.571. The zero-order valence-corrected chi connectivity index (χ0v) is 6.54. The van der Waals surface area contributed by atoms with Gasteiger partial charge in [-0.25, -0.2) is 4.98 Å². The Morgan fingerprint density at radius 3 is 3.00 bits per heavy atom. The molecule has 0 saturated carbocycles. The van der Waals surface area contributed by atoms with Crippen LogP contribution in [0.25, 0.3) is 0 Å². The molecule has 1 aromatic rings. The average Bonchev–Trinajstić information content (AvgIpc) is 2.35. The Morgan fingerprint density at radius 1 is 1.82 bits per heavy atom. The summed E-state index contributed by atoms with van der Waals surface area (Å²) < 4.78 is 0. The molecular weight excluding hydrogens is 142 g/mol. The molecule has 0 aliphatic rings. The van der Waals surface area contributed by atoms with Crippen LogP contribution in [0.1, 0.15) is 11.5 Å². The van der Waals surface area contributed by atoms with Gasteiger partial charge < -0.3 is 15.8 Å². The lowest BCUT2D eigenvalue weighted by Gasteiger charge is -2.04. The van der Waals surface area contributed by atoms with E-state index >= 15 is 0 Å². The molecule has 0 amide bonds. The van der Waals surface area contributed by atoms with Gasteiger partial charge >= 0.3 is 0 Å². The highest BCUT2D eigenvalue weighted by Crippen LogP contribution is 1.98. The summed E-state index contributed by atoms with van der Waals surface area (Å²) in [4.78, 5) is 7.05. The predicted octanol–water partition coefficient (Wildman–Crippen LogP) is -0.420. The number of aromatic amines is 1. The summed E-state index contributed by atoms with van der Waals surface area (Å²) in [6, 6.07) is -0.185. The Balaban J connectivity index is 2.50. The van der Waals surface area contributed by atoms with Gasteiger partial charge in [0.15, 0.2) is 0 Å². The van der Waals surface area contributed by atoms with Crippen molar-refractivity contribution in [2.75, 3.05) is 6.61 Å². The Labute approximate surface area is 65.5 Å². The van der Waals surface area contributed by atoms with Crippen LogP contribution >= 0.6 is 0 Å². The van der Waals surface area contributed by atoms with Gasteiger partial charge in [-0.2, -0.15) is 0 Å². The molecule has 11 heavy (non-hydrogen) atoms. The van der Waals surface area contributed by atoms with Gasteiger partial charge in [0.25, 0.3) is 0 Å². The normalized spacial score (nSPS) is 13.4. The molecule has 0 radical (unpaired) electrons. The molecule has 0 aromatic carbocycles. The van der Waals surface area contributed by atoms with E-state index in [1.165, 1.54) is 0 Å². The number of H-pyrrole nitrogens is 1. The van der Waals surface area contributed by atoms with E-state index in [4.69, 9.17) is 10.8 Å². The molecule has 0 bridgehead atoms. The van der Waals surface area contributed by atoms with E-state index in [2.05, 4.69) is 9.97 Å². The van der Waals surface area contributed by atoms with Gasteiger partial charge in [-0.3, -0.25) is 0 Å². The summed E-state index contributed by atoms with van der Waals surface area (Å²) in [5.74, 6) is 0.880. The van der Waals surface area contributed by atoms with E-state index in [1.54, 1.807) is 6.20 Å². The summed E-state index contributed by atoms with van der Waals surface area (Å²) in [6.45, 7) is 1.89. The van der Waals surface area contributed by atoms with Crippen molar-refractivity contribution < 1.29 is 5.11 Å². The molecule has 4 nitrogen and oxygen atoms in total. The lowest BCUT2D eigenvalue weighted by molar-refractivity contribution is 0.264. The van der Waals surface area contributed by atoms with Crippen molar-refractivity contribution in [1.82, 2.24) is 9.97 Å². The first-order valence-corrected chi connectivity index (χ1v) is 3.59. The summed E-state index contributed by atoms with van der Waals surface area (Å²) in [7, 11) is 0. The first-order chi connectivity index (χ1) is 5.22. The molecular formula is C7H13N3O. The number of aryl methyl sites for hydroxylation is 1. The van der Waals surface area contributed by atoms with Crippen molar-refractivity contribution in [2.24, 2.45) is 5.73 Å².